The maximum absolute atomic E-state index is 12.6. The number of ether oxygens (including phenoxy) is 1. The van der Waals surface area contributed by atoms with Crippen molar-refractivity contribution < 1.29 is 9.53 Å². The minimum Gasteiger partial charge on any atom is -0.381 e. The highest BCUT2D eigenvalue weighted by Crippen LogP contribution is 2.25. The Balaban J connectivity index is 1.32. The highest BCUT2D eigenvalue weighted by atomic mass is 16.5. The Kier molecular flexibility index (Phi) is 4.97. The second kappa shape index (κ2) is 7.52. The van der Waals surface area contributed by atoms with E-state index in [0.717, 1.165) is 57.3 Å². The molecule has 1 amide bonds. The summed E-state index contributed by atoms with van der Waals surface area (Å²) in [4.78, 5) is 19.1. The lowest BCUT2D eigenvalue weighted by molar-refractivity contribution is -0.141. The number of likely N-dealkylation sites (tertiary alicyclic amines) is 1. The van der Waals surface area contributed by atoms with Crippen molar-refractivity contribution in [3.8, 4) is 0 Å². The molecule has 1 aromatic carbocycles. The van der Waals surface area contributed by atoms with Gasteiger partial charge >= 0.3 is 0 Å². The zero-order valence-electron chi connectivity index (χ0n) is 14.7. The third-order valence-electron chi connectivity index (χ3n) is 5.63. The molecule has 0 spiro atoms. The summed E-state index contributed by atoms with van der Waals surface area (Å²) in [6, 6.07) is 10.7. The minimum atomic E-state index is 0.0956. The van der Waals surface area contributed by atoms with Crippen LogP contribution < -0.4 is 0 Å². The number of piperidine rings is 1. The molecule has 2 aliphatic rings. The third-order valence-corrected chi connectivity index (χ3v) is 5.63. The van der Waals surface area contributed by atoms with Crippen LogP contribution in [-0.2, 0) is 16.0 Å². The van der Waals surface area contributed by atoms with Crippen LogP contribution in [-0.4, -0.2) is 42.1 Å². The summed E-state index contributed by atoms with van der Waals surface area (Å²) < 4.78 is 5.48. The Morgan fingerprint density at radius 2 is 2.08 bits per heavy atom. The van der Waals surface area contributed by atoms with Crippen molar-refractivity contribution in [2.45, 2.75) is 32.1 Å². The molecule has 1 unspecified atom stereocenters. The van der Waals surface area contributed by atoms with Crippen LogP contribution in [0.3, 0.4) is 0 Å². The standard InChI is InChI=1S/C21H26N2O2/c24-21(19-4-2-12-25-15-19)23-10-7-16(8-11-23)13-17-5-6-20-18(14-17)3-1-9-22-20/h1,3,5-6,9,14,16,19H,2,4,7-8,10-13,15H2. The molecule has 25 heavy (non-hydrogen) atoms. The van der Waals surface area contributed by atoms with E-state index in [9.17, 15) is 4.79 Å². The molecule has 0 radical (unpaired) electrons. The molecule has 0 bridgehead atoms. The zero-order valence-corrected chi connectivity index (χ0v) is 14.7. The van der Waals surface area contributed by atoms with Crippen molar-refractivity contribution >= 4 is 16.8 Å². The van der Waals surface area contributed by atoms with Gasteiger partial charge < -0.3 is 9.64 Å². The van der Waals surface area contributed by atoms with Gasteiger partial charge in [-0.2, -0.15) is 0 Å². The van der Waals surface area contributed by atoms with Crippen molar-refractivity contribution in [3.05, 3.63) is 42.1 Å². The first-order valence-electron chi connectivity index (χ1n) is 9.50. The number of amides is 1. The first-order valence-corrected chi connectivity index (χ1v) is 9.50. The topological polar surface area (TPSA) is 42.4 Å². The Bertz CT molecular complexity index is 732. The molecule has 4 rings (SSSR count). The molecule has 1 atom stereocenters. The Morgan fingerprint density at radius 3 is 2.88 bits per heavy atom. The van der Waals surface area contributed by atoms with Gasteiger partial charge in [-0.15, -0.1) is 0 Å². The van der Waals surface area contributed by atoms with E-state index < -0.39 is 0 Å². The van der Waals surface area contributed by atoms with Gasteiger partial charge in [-0.25, -0.2) is 0 Å². The van der Waals surface area contributed by atoms with Gasteiger partial charge in [-0.05, 0) is 61.8 Å². The number of aromatic nitrogens is 1. The Hall–Kier alpha value is -1.94. The maximum Gasteiger partial charge on any atom is 0.228 e. The average molecular weight is 338 g/mol. The molecule has 1 aromatic heterocycles. The number of carbonyl (C=O) groups excluding carboxylic acids is 1. The van der Waals surface area contributed by atoms with E-state index in [0.29, 0.717) is 18.4 Å². The van der Waals surface area contributed by atoms with Gasteiger partial charge in [0.2, 0.25) is 5.91 Å². The lowest BCUT2D eigenvalue weighted by atomic mass is 9.89. The molecule has 2 fully saturated rings. The summed E-state index contributed by atoms with van der Waals surface area (Å²) >= 11 is 0. The number of hydrogen-bond donors (Lipinski definition) is 0. The number of nitrogens with zero attached hydrogens (tertiary/aromatic N) is 2. The zero-order chi connectivity index (χ0) is 17.1. The van der Waals surface area contributed by atoms with Crippen LogP contribution in [0.5, 0.6) is 0 Å². The SMILES string of the molecule is O=C(C1CCCOC1)N1CCC(Cc2ccc3ncccc3c2)CC1. The van der Waals surface area contributed by atoms with E-state index in [4.69, 9.17) is 4.74 Å². The summed E-state index contributed by atoms with van der Waals surface area (Å²) in [7, 11) is 0. The van der Waals surface area contributed by atoms with Gasteiger partial charge in [-0.3, -0.25) is 9.78 Å². The number of carbonyl (C=O) groups is 1. The second-order valence-electron chi connectivity index (χ2n) is 7.42. The largest absolute Gasteiger partial charge is 0.381 e. The van der Waals surface area contributed by atoms with E-state index in [1.165, 1.54) is 10.9 Å². The first kappa shape index (κ1) is 16.5. The van der Waals surface area contributed by atoms with Gasteiger partial charge in [0.25, 0.3) is 0 Å². The number of rotatable bonds is 3. The number of benzene rings is 1. The van der Waals surface area contributed by atoms with E-state index in [1.54, 1.807) is 0 Å². The van der Waals surface area contributed by atoms with Crippen LogP contribution in [0.15, 0.2) is 36.5 Å². The number of fused-ring (bicyclic) bond motifs is 1. The molecule has 132 valence electrons. The number of hydrogen-bond acceptors (Lipinski definition) is 3. The fourth-order valence-electron chi connectivity index (χ4n) is 4.14. The van der Waals surface area contributed by atoms with Gasteiger partial charge in [0.15, 0.2) is 0 Å². The van der Waals surface area contributed by atoms with Gasteiger partial charge in [0.05, 0.1) is 18.0 Å². The van der Waals surface area contributed by atoms with Crippen molar-refractivity contribution in [2.75, 3.05) is 26.3 Å². The summed E-state index contributed by atoms with van der Waals surface area (Å²) in [6.07, 6.45) is 7.15. The molecule has 4 heteroatoms. The van der Waals surface area contributed by atoms with Crippen molar-refractivity contribution in [2.24, 2.45) is 11.8 Å². The summed E-state index contributed by atoms with van der Waals surface area (Å²) in [5, 5.41) is 1.21. The summed E-state index contributed by atoms with van der Waals surface area (Å²) in [5.41, 5.74) is 2.44. The Morgan fingerprint density at radius 1 is 1.20 bits per heavy atom. The van der Waals surface area contributed by atoms with E-state index in [-0.39, 0.29) is 5.92 Å². The van der Waals surface area contributed by atoms with Gasteiger partial charge in [-0.1, -0.05) is 12.1 Å². The van der Waals surface area contributed by atoms with Crippen molar-refractivity contribution in [1.29, 1.82) is 0 Å². The quantitative estimate of drug-likeness (QED) is 0.861. The molecule has 2 aliphatic heterocycles. The van der Waals surface area contributed by atoms with Crippen LogP contribution in [0, 0.1) is 11.8 Å². The van der Waals surface area contributed by atoms with E-state index >= 15 is 0 Å². The predicted octanol–water partition coefficient (Wildman–Crippen LogP) is 3.44. The highest BCUT2D eigenvalue weighted by Gasteiger charge is 2.29. The lowest BCUT2D eigenvalue weighted by Crippen LogP contribution is -2.44. The van der Waals surface area contributed by atoms with E-state index in [1.807, 2.05) is 12.3 Å². The minimum absolute atomic E-state index is 0.0956. The third kappa shape index (κ3) is 3.84. The predicted molar refractivity (Wildman–Crippen MR) is 98.3 cm³/mol. The van der Waals surface area contributed by atoms with Crippen LogP contribution in [0.1, 0.15) is 31.2 Å². The van der Waals surface area contributed by atoms with Crippen molar-refractivity contribution in [1.82, 2.24) is 9.88 Å². The van der Waals surface area contributed by atoms with Crippen LogP contribution >= 0.6 is 0 Å². The smallest absolute Gasteiger partial charge is 0.228 e. The summed E-state index contributed by atoms with van der Waals surface area (Å²) in [6.45, 7) is 3.22. The maximum atomic E-state index is 12.6. The fourth-order valence-corrected chi connectivity index (χ4v) is 4.14. The molecular formula is C21H26N2O2. The summed E-state index contributed by atoms with van der Waals surface area (Å²) in [5.74, 6) is 1.08. The second-order valence-corrected chi connectivity index (χ2v) is 7.42. The average Bonchev–Trinajstić information content (AvgIpc) is 2.69. The molecule has 2 aromatic rings. The van der Waals surface area contributed by atoms with Crippen LogP contribution in [0.4, 0.5) is 0 Å². The van der Waals surface area contributed by atoms with Gasteiger partial charge in [0, 0.05) is 31.3 Å². The monoisotopic (exact) mass is 338 g/mol. The van der Waals surface area contributed by atoms with Gasteiger partial charge in [0.1, 0.15) is 0 Å². The number of pyridine rings is 1. The lowest BCUT2D eigenvalue weighted by Gasteiger charge is -2.35. The highest BCUT2D eigenvalue weighted by molar-refractivity contribution is 5.79. The Labute approximate surface area is 149 Å². The molecule has 2 saturated heterocycles. The molecule has 4 nitrogen and oxygen atoms in total. The normalized spacial score (nSPS) is 22.2. The van der Waals surface area contributed by atoms with Crippen molar-refractivity contribution in [3.63, 3.8) is 0 Å². The molecule has 0 saturated carbocycles. The fraction of sp³-hybridized carbons (Fsp3) is 0.524. The van der Waals surface area contributed by atoms with Crippen LogP contribution in [0.25, 0.3) is 10.9 Å². The molecule has 3 heterocycles. The molecular weight excluding hydrogens is 312 g/mol. The van der Waals surface area contributed by atoms with E-state index in [2.05, 4.69) is 34.1 Å². The van der Waals surface area contributed by atoms with Crippen LogP contribution in [0.2, 0.25) is 0 Å². The molecule has 0 N–H and O–H groups in total. The molecule has 0 aliphatic carbocycles. The first-order chi connectivity index (χ1) is 12.3.